The van der Waals surface area contributed by atoms with Crippen molar-refractivity contribution in [3.05, 3.63) is 58.7 Å². The number of hydrogen-bond donors (Lipinski definition) is 1. The van der Waals surface area contributed by atoms with Gasteiger partial charge in [0.05, 0.1) is 32.4 Å². The zero-order chi connectivity index (χ0) is 26.4. The number of ketones is 1. The third-order valence-electron chi connectivity index (χ3n) is 6.19. The lowest BCUT2D eigenvalue weighted by molar-refractivity contribution is -0.139. The van der Waals surface area contributed by atoms with Gasteiger partial charge in [0.25, 0.3) is 11.7 Å². The first-order valence-electron chi connectivity index (χ1n) is 12.1. The number of aliphatic hydroxyl groups is 1. The molecule has 2 aromatic carbocycles. The molecule has 8 heteroatoms. The van der Waals surface area contributed by atoms with Gasteiger partial charge in [0.1, 0.15) is 11.5 Å². The second-order valence-electron chi connectivity index (χ2n) is 9.09. The van der Waals surface area contributed by atoms with Crippen LogP contribution in [0.4, 0.5) is 0 Å². The molecule has 194 valence electrons. The monoisotopic (exact) mass is 496 g/mol. The Bertz CT molecular complexity index is 1140. The summed E-state index contributed by atoms with van der Waals surface area (Å²) in [5, 5.41) is 11.4. The number of carbonyl (C=O) groups excluding carboxylic acids is 2. The summed E-state index contributed by atoms with van der Waals surface area (Å²) in [6.45, 7) is 5.56. The molecule has 1 N–H and O–H groups in total. The van der Waals surface area contributed by atoms with E-state index >= 15 is 0 Å². The third-order valence-corrected chi connectivity index (χ3v) is 6.19. The number of nitrogens with zero attached hydrogens (tertiary/aromatic N) is 2. The smallest absolute Gasteiger partial charge is 0.295 e. The van der Waals surface area contributed by atoms with E-state index in [-0.39, 0.29) is 11.3 Å². The largest absolute Gasteiger partial charge is 0.507 e. The maximum Gasteiger partial charge on any atom is 0.295 e. The molecular weight excluding hydrogens is 460 g/mol. The van der Waals surface area contributed by atoms with E-state index in [2.05, 4.69) is 0 Å². The SMILES string of the molecule is CCCOc1ccc(/C(O)=C2/C(=O)C(=O)N(CCCN(C)C)C2c2ccc(OC)c(OC)c2)c(C)c1. The van der Waals surface area contributed by atoms with Crippen molar-refractivity contribution in [3.8, 4) is 17.2 Å². The van der Waals surface area contributed by atoms with Gasteiger partial charge in [-0.1, -0.05) is 13.0 Å². The van der Waals surface area contributed by atoms with Gasteiger partial charge in [0.2, 0.25) is 0 Å². The van der Waals surface area contributed by atoms with Crippen LogP contribution < -0.4 is 14.2 Å². The first-order chi connectivity index (χ1) is 17.2. The number of benzene rings is 2. The number of ether oxygens (including phenoxy) is 3. The average molecular weight is 497 g/mol. The molecule has 0 spiro atoms. The van der Waals surface area contributed by atoms with Gasteiger partial charge in [-0.05, 0) is 81.9 Å². The Balaban J connectivity index is 2.13. The van der Waals surface area contributed by atoms with E-state index in [0.29, 0.717) is 47.9 Å². The lowest BCUT2D eigenvalue weighted by atomic mass is 9.93. The van der Waals surface area contributed by atoms with E-state index in [1.54, 1.807) is 37.4 Å². The summed E-state index contributed by atoms with van der Waals surface area (Å²) in [5.74, 6) is 0.152. The Labute approximate surface area is 213 Å². The van der Waals surface area contributed by atoms with Crippen molar-refractivity contribution in [1.29, 1.82) is 0 Å². The Morgan fingerprint density at radius 2 is 1.78 bits per heavy atom. The Kier molecular flexibility index (Phi) is 8.98. The minimum atomic E-state index is -0.762. The summed E-state index contributed by atoms with van der Waals surface area (Å²) in [7, 11) is 6.98. The molecule has 0 bridgehead atoms. The van der Waals surface area contributed by atoms with Crippen molar-refractivity contribution in [2.75, 3.05) is 48.0 Å². The van der Waals surface area contributed by atoms with Crippen LogP contribution >= 0.6 is 0 Å². The fraction of sp³-hybridized carbons (Fsp3) is 0.429. The second-order valence-corrected chi connectivity index (χ2v) is 9.09. The minimum absolute atomic E-state index is 0.0578. The third kappa shape index (κ3) is 5.65. The van der Waals surface area contributed by atoms with Crippen LogP contribution in [0.25, 0.3) is 5.76 Å². The highest BCUT2D eigenvalue weighted by atomic mass is 16.5. The number of aryl methyl sites for hydroxylation is 1. The van der Waals surface area contributed by atoms with Crippen molar-refractivity contribution in [2.24, 2.45) is 0 Å². The molecule has 36 heavy (non-hydrogen) atoms. The quantitative estimate of drug-likeness (QED) is 0.284. The molecule has 3 rings (SSSR count). The molecule has 1 amide bonds. The molecule has 2 aromatic rings. The van der Waals surface area contributed by atoms with Crippen LogP contribution in [-0.2, 0) is 9.59 Å². The Hall–Kier alpha value is -3.52. The molecule has 1 saturated heterocycles. The fourth-order valence-corrected chi connectivity index (χ4v) is 4.39. The number of Topliss-reactive ketones (excluding diaryl/α,β-unsaturated/α-hetero) is 1. The van der Waals surface area contributed by atoms with Gasteiger partial charge in [-0.15, -0.1) is 0 Å². The van der Waals surface area contributed by atoms with Crippen LogP contribution in [0.3, 0.4) is 0 Å². The average Bonchev–Trinajstić information content (AvgIpc) is 3.11. The van der Waals surface area contributed by atoms with Crippen molar-refractivity contribution in [2.45, 2.75) is 32.7 Å². The van der Waals surface area contributed by atoms with Crippen LogP contribution in [0.15, 0.2) is 42.0 Å². The highest BCUT2D eigenvalue weighted by Crippen LogP contribution is 2.42. The molecule has 1 aliphatic heterocycles. The van der Waals surface area contributed by atoms with Crippen LogP contribution in [0, 0.1) is 6.92 Å². The van der Waals surface area contributed by atoms with Crippen molar-refractivity contribution in [3.63, 3.8) is 0 Å². The van der Waals surface area contributed by atoms with E-state index < -0.39 is 17.7 Å². The first-order valence-corrected chi connectivity index (χ1v) is 12.1. The van der Waals surface area contributed by atoms with E-state index in [1.165, 1.54) is 12.0 Å². The van der Waals surface area contributed by atoms with E-state index in [9.17, 15) is 14.7 Å². The minimum Gasteiger partial charge on any atom is -0.507 e. The predicted octanol–water partition coefficient (Wildman–Crippen LogP) is 4.17. The number of amides is 1. The summed E-state index contributed by atoms with van der Waals surface area (Å²) < 4.78 is 16.5. The second kappa shape index (κ2) is 11.9. The van der Waals surface area contributed by atoms with Gasteiger partial charge in [-0.3, -0.25) is 9.59 Å². The number of carbonyl (C=O) groups is 2. The number of likely N-dealkylation sites (tertiary alicyclic amines) is 1. The topological polar surface area (TPSA) is 88.5 Å². The standard InChI is InChI=1S/C28H36N2O6/c1-7-15-36-20-10-11-21(18(2)16-20)26(31)24-25(19-9-12-22(34-5)23(17-19)35-6)30(28(33)27(24)32)14-8-13-29(3)4/h9-12,16-17,25,31H,7-8,13-15H2,1-6H3/b26-24-. The zero-order valence-electron chi connectivity index (χ0n) is 22.0. The molecular formula is C28H36N2O6. The highest BCUT2D eigenvalue weighted by molar-refractivity contribution is 6.46. The van der Waals surface area contributed by atoms with Gasteiger partial charge in [0.15, 0.2) is 11.5 Å². The molecule has 0 saturated carbocycles. The normalized spacial score (nSPS) is 17.1. The molecule has 1 atom stereocenters. The Morgan fingerprint density at radius 1 is 1.06 bits per heavy atom. The first kappa shape index (κ1) is 27.1. The van der Waals surface area contributed by atoms with Crippen LogP contribution in [-0.4, -0.2) is 74.6 Å². The lowest BCUT2D eigenvalue weighted by Gasteiger charge is -2.26. The molecule has 1 unspecified atom stereocenters. The molecule has 0 radical (unpaired) electrons. The molecule has 0 aliphatic carbocycles. The predicted molar refractivity (Wildman–Crippen MR) is 139 cm³/mol. The summed E-state index contributed by atoms with van der Waals surface area (Å²) in [6.07, 6.45) is 1.55. The Morgan fingerprint density at radius 3 is 2.39 bits per heavy atom. The number of hydrogen-bond acceptors (Lipinski definition) is 7. The van der Waals surface area contributed by atoms with Crippen LogP contribution in [0.5, 0.6) is 17.2 Å². The maximum atomic E-state index is 13.3. The summed E-state index contributed by atoms with van der Waals surface area (Å²) >= 11 is 0. The number of aliphatic hydroxyl groups excluding tert-OH is 1. The lowest BCUT2D eigenvalue weighted by Crippen LogP contribution is -2.32. The summed E-state index contributed by atoms with van der Waals surface area (Å²) in [6, 6.07) is 9.82. The van der Waals surface area contributed by atoms with E-state index in [0.717, 1.165) is 18.5 Å². The van der Waals surface area contributed by atoms with Crippen molar-refractivity contribution < 1.29 is 28.9 Å². The number of rotatable bonds is 11. The molecule has 1 fully saturated rings. The van der Waals surface area contributed by atoms with Crippen LogP contribution in [0.1, 0.15) is 42.5 Å². The molecule has 1 heterocycles. The fourth-order valence-electron chi connectivity index (χ4n) is 4.39. The van der Waals surface area contributed by atoms with Gasteiger partial charge >= 0.3 is 0 Å². The molecule has 8 nitrogen and oxygen atoms in total. The van der Waals surface area contributed by atoms with E-state index in [4.69, 9.17) is 14.2 Å². The molecule has 0 aromatic heterocycles. The summed E-state index contributed by atoms with van der Waals surface area (Å²) in [5.41, 5.74) is 1.93. The summed E-state index contributed by atoms with van der Waals surface area (Å²) in [4.78, 5) is 30.1. The van der Waals surface area contributed by atoms with Gasteiger partial charge in [-0.25, -0.2) is 0 Å². The van der Waals surface area contributed by atoms with Crippen molar-refractivity contribution in [1.82, 2.24) is 9.80 Å². The van der Waals surface area contributed by atoms with E-state index in [1.807, 2.05) is 38.9 Å². The van der Waals surface area contributed by atoms with Gasteiger partial charge in [0, 0.05) is 12.1 Å². The zero-order valence-corrected chi connectivity index (χ0v) is 22.0. The number of methoxy groups -OCH3 is 2. The van der Waals surface area contributed by atoms with Gasteiger partial charge < -0.3 is 29.1 Å². The van der Waals surface area contributed by atoms with Gasteiger partial charge in [-0.2, -0.15) is 0 Å². The van der Waals surface area contributed by atoms with Crippen molar-refractivity contribution >= 4 is 17.4 Å². The van der Waals surface area contributed by atoms with Crippen LogP contribution in [0.2, 0.25) is 0 Å². The maximum absolute atomic E-state index is 13.3. The molecule has 1 aliphatic rings. The highest BCUT2D eigenvalue weighted by Gasteiger charge is 2.46.